The zero-order valence-corrected chi connectivity index (χ0v) is 24.3. The van der Waals surface area contributed by atoms with Gasteiger partial charge in [-0.15, -0.1) is 10.2 Å². The first-order valence-electron chi connectivity index (χ1n) is 14.6. The number of para-hydroxylation sites is 2. The molecule has 44 heavy (non-hydrogen) atoms. The second-order valence-electron chi connectivity index (χ2n) is 10.5. The standard InChI is InChI=1S/C39H30N4O/c1-29-12-11-19-37(28-29)43(34-22-20-31(21-23-34)39-41-40-38(44-39)30-13-5-2-6-14-30)36-26-24-35(25-27-36)42(32-15-7-3-8-16-32)33-17-9-4-10-18-33/h2-28H,1H3. The normalized spacial score (nSPS) is 10.8. The molecule has 0 aliphatic heterocycles. The van der Waals surface area contributed by atoms with Crippen molar-refractivity contribution in [2.24, 2.45) is 0 Å². The first-order chi connectivity index (χ1) is 21.7. The Kier molecular flexibility index (Phi) is 7.42. The third-order valence-electron chi connectivity index (χ3n) is 7.47. The fourth-order valence-corrected chi connectivity index (χ4v) is 5.36. The smallest absolute Gasteiger partial charge is 0.248 e. The predicted molar refractivity (Wildman–Crippen MR) is 179 cm³/mol. The lowest BCUT2D eigenvalue weighted by Gasteiger charge is -2.28. The molecule has 0 saturated carbocycles. The van der Waals surface area contributed by atoms with E-state index in [4.69, 9.17) is 4.42 Å². The molecular formula is C39H30N4O. The van der Waals surface area contributed by atoms with Gasteiger partial charge in [0.25, 0.3) is 0 Å². The van der Waals surface area contributed by atoms with E-state index < -0.39 is 0 Å². The first-order valence-corrected chi connectivity index (χ1v) is 14.6. The fourth-order valence-electron chi connectivity index (χ4n) is 5.36. The Morgan fingerprint density at radius 3 is 1.27 bits per heavy atom. The molecule has 0 aliphatic carbocycles. The highest BCUT2D eigenvalue weighted by Gasteiger charge is 2.17. The molecule has 7 aromatic rings. The maximum Gasteiger partial charge on any atom is 0.248 e. The molecular weight excluding hydrogens is 540 g/mol. The van der Waals surface area contributed by atoms with Crippen molar-refractivity contribution in [2.45, 2.75) is 6.92 Å². The molecule has 212 valence electrons. The Morgan fingerprint density at radius 2 is 0.773 bits per heavy atom. The predicted octanol–water partition coefficient (Wildman–Crippen LogP) is 10.7. The third kappa shape index (κ3) is 5.59. The number of benzene rings is 6. The Hall–Kier alpha value is -5.94. The molecule has 0 fully saturated rings. The van der Waals surface area contributed by atoms with Gasteiger partial charge in [0.1, 0.15) is 0 Å². The molecule has 0 spiro atoms. The van der Waals surface area contributed by atoms with E-state index >= 15 is 0 Å². The van der Waals surface area contributed by atoms with Crippen LogP contribution in [0.1, 0.15) is 5.56 Å². The van der Waals surface area contributed by atoms with Crippen LogP contribution in [-0.2, 0) is 0 Å². The average Bonchev–Trinajstić information content (AvgIpc) is 3.58. The van der Waals surface area contributed by atoms with E-state index in [1.54, 1.807) is 0 Å². The Bertz CT molecular complexity index is 1910. The van der Waals surface area contributed by atoms with Crippen molar-refractivity contribution in [3.63, 3.8) is 0 Å². The van der Waals surface area contributed by atoms with Crippen LogP contribution in [0.3, 0.4) is 0 Å². The molecule has 5 nitrogen and oxygen atoms in total. The molecule has 0 radical (unpaired) electrons. The topological polar surface area (TPSA) is 45.4 Å². The average molecular weight is 571 g/mol. The van der Waals surface area contributed by atoms with Crippen LogP contribution in [-0.4, -0.2) is 10.2 Å². The number of aromatic nitrogens is 2. The molecule has 6 aromatic carbocycles. The lowest BCUT2D eigenvalue weighted by molar-refractivity contribution is 0.584. The maximum absolute atomic E-state index is 6.01. The van der Waals surface area contributed by atoms with Crippen molar-refractivity contribution >= 4 is 34.1 Å². The summed E-state index contributed by atoms with van der Waals surface area (Å²) >= 11 is 0. The quantitative estimate of drug-likeness (QED) is 0.182. The minimum Gasteiger partial charge on any atom is -0.416 e. The highest BCUT2D eigenvalue weighted by Crippen LogP contribution is 2.39. The zero-order valence-electron chi connectivity index (χ0n) is 24.3. The molecule has 0 atom stereocenters. The van der Waals surface area contributed by atoms with Gasteiger partial charge in [-0.2, -0.15) is 0 Å². The molecule has 1 heterocycles. The van der Waals surface area contributed by atoms with Crippen LogP contribution in [0.2, 0.25) is 0 Å². The van der Waals surface area contributed by atoms with Gasteiger partial charge >= 0.3 is 0 Å². The summed E-state index contributed by atoms with van der Waals surface area (Å²) in [4.78, 5) is 4.53. The maximum atomic E-state index is 6.01. The highest BCUT2D eigenvalue weighted by atomic mass is 16.4. The summed E-state index contributed by atoms with van der Waals surface area (Å²) in [6.07, 6.45) is 0. The van der Waals surface area contributed by atoms with Gasteiger partial charge in [-0.25, -0.2) is 0 Å². The number of hydrogen-bond donors (Lipinski definition) is 0. The summed E-state index contributed by atoms with van der Waals surface area (Å²) in [5, 5.41) is 8.57. The second kappa shape index (κ2) is 12.1. The highest BCUT2D eigenvalue weighted by molar-refractivity contribution is 5.81. The van der Waals surface area contributed by atoms with Gasteiger partial charge in [-0.1, -0.05) is 66.7 Å². The van der Waals surface area contributed by atoms with Crippen LogP contribution >= 0.6 is 0 Å². The number of nitrogens with zero attached hydrogens (tertiary/aromatic N) is 4. The first kappa shape index (κ1) is 26.9. The lowest BCUT2D eigenvalue weighted by Crippen LogP contribution is -2.12. The molecule has 0 bridgehead atoms. The van der Waals surface area contributed by atoms with Gasteiger partial charge < -0.3 is 14.2 Å². The van der Waals surface area contributed by atoms with Crippen LogP contribution in [0, 0.1) is 6.92 Å². The van der Waals surface area contributed by atoms with E-state index in [1.165, 1.54) is 5.56 Å². The van der Waals surface area contributed by atoms with Crippen molar-refractivity contribution in [3.05, 3.63) is 169 Å². The Labute approximate surface area is 257 Å². The van der Waals surface area contributed by atoms with Crippen LogP contribution in [0.4, 0.5) is 34.1 Å². The second-order valence-corrected chi connectivity index (χ2v) is 10.5. The van der Waals surface area contributed by atoms with E-state index in [0.29, 0.717) is 11.8 Å². The SMILES string of the molecule is Cc1cccc(N(c2ccc(-c3nnc(-c4ccccc4)o3)cc2)c2ccc(N(c3ccccc3)c3ccccc3)cc2)c1. The summed E-state index contributed by atoms with van der Waals surface area (Å²) in [6, 6.07) is 56.2. The fraction of sp³-hybridized carbons (Fsp3) is 0.0256. The van der Waals surface area contributed by atoms with E-state index in [1.807, 2.05) is 54.6 Å². The Morgan fingerprint density at radius 1 is 0.386 bits per heavy atom. The van der Waals surface area contributed by atoms with Gasteiger partial charge in [0.2, 0.25) is 11.8 Å². The monoisotopic (exact) mass is 570 g/mol. The van der Waals surface area contributed by atoms with Crippen LogP contribution in [0.25, 0.3) is 22.9 Å². The van der Waals surface area contributed by atoms with Gasteiger partial charge in [-0.05, 0) is 110 Å². The van der Waals surface area contributed by atoms with Gasteiger partial charge in [0, 0.05) is 45.3 Å². The molecule has 7 rings (SSSR count). The van der Waals surface area contributed by atoms with Crippen LogP contribution in [0.15, 0.2) is 168 Å². The molecule has 0 aliphatic rings. The Balaban J connectivity index is 1.24. The number of hydrogen-bond acceptors (Lipinski definition) is 5. The lowest BCUT2D eigenvalue weighted by atomic mass is 10.1. The van der Waals surface area contributed by atoms with E-state index in [-0.39, 0.29) is 0 Å². The summed E-state index contributed by atoms with van der Waals surface area (Å²) in [7, 11) is 0. The van der Waals surface area contributed by atoms with Crippen LogP contribution in [0.5, 0.6) is 0 Å². The van der Waals surface area contributed by atoms with Gasteiger partial charge in [0.05, 0.1) is 0 Å². The van der Waals surface area contributed by atoms with Crippen molar-refractivity contribution in [2.75, 3.05) is 9.80 Å². The van der Waals surface area contributed by atoms with Crippen molar-refractivity contribution in [1.29, 1.82) is 0 Å². The van der Waals surface area contributed by atoms with Gasteiger partial charge in [-0.3, -0.25) is 0 Å². The number of anilines is 6. The number of aryl methyl sites for hydroxylation is 1. The summed E-state index contributed by atoms with van der Waals surface area (Å²) < 4.78 is 6.01. The molecule has 0 amide bonds. The van der Waals surface area contributed by atoms with Gasteiger partial charge in [0.15, 0.2) is 0 Å². The third-order valence-corrected chi connectivity index (χ3v) is 7.47. The van der Waals surface area contributed by atoms with E-state index in [0.717, 1.165) is 45.3 Å². The molecule has 0 unspecified atom stereocenters. The molecule has 0 N–H and O–H groups in total. The van der Waals surface area contributed by atoms with Crippen molar-refractivity contribution in [1.82, 2.24) is 10.2 Å². The van der Waals surface area contributed by atoms with E-state index in [2.05, 4.69) is 136 Å². The number of rotatable bonds is 8. The minimum absolute atomic E-state index is 0.490. The summed E-state index contributed by atoms with van der Waals surface area (Å²) in [5.74, 6) is 0.995. The van der Waals surface area contributed by atoms with E-state index in [9.17, 15) is 0 Å². The van der Waals surface area contributed by atoms with Crippen molar-refractivity contribution < 1.29 is 4.42 Å². The minimum atomic E-state index is 0.490. The molecule has 1 aromatic heterocycles. The largest absolute Gasteiger partial charge is 0.416 e. The van der Waals surface area contributed by atoms with Crippen molar-refractivity contribution in [3.8, 4) is 22.9 Å². The van der Waals surface area contributed by atoms with Crippen LogP contribution < -0.4 is 9.80 Å². The summed E-state index contributed by atoms with van der Waals surface area (Å²) in [6.45, 7) is 2.12. The zero-order chi connectivity index (χ0) is 29.7. The summed E-state index contributed by atoms with van der Waals surface area (Å²) in [5.41, 5.74) is 9.41. The molecule has 5 heteroatoms. The molecule has 0 saturated heterocycles.